The molecule has 0 unspecified atom stereocenters. The summed E-state index contributed by atoms with van der Waals surface area (Å²) in [6.07, 6.45) is 12.2. The summed E-state index contributed by atoms with van der Waals surface area (Å²) in [7, 11) is -0.848. The molecule has 0 spiro atoms. The Morgan fingerprint density at radius 1 is 0.256 bits per heavy atom. The molecule has 0 N–H and O–H groups in total. The zero-order valence-corrected chi connectivity index (χ0v) is 85.4. The van der Waals surface area contributed by atoms with E-state index in [1.807, 2.05) is 12.1 Å². The van der Waals surface area contributed by atoms with Gasteiger partial charge in [-0.15, -0.1) is 26.1 Å². The van der Waals surface area contributed by atoms with Crippen molar-refractivity contribution in [1.29, 1.82) is 0 Å². The van der Waals surface area contributed by atoms with Crippen molar-refractivity contribution in [3.05, 3.63) is 152 Å². The molecule has 0 atom stereocenters. The number of hydrogen-bond donors (Lipinski definition) is 0. The van der Waals surface area contributed by atoms with Crippen LogP contribution in [0.25, 0.3) is 0 Å². The summed E-state index contributed by atoms with van der Waals surface area (Å²) in [6, 6.07) is 53.2. The summed E-state index contributed by atoms with van der Waals surface area (Å²) in [5.74, 6) is 3.12. The molecule has 5 aromatic heterocycles. The van der Waals surface area contributed by atoms with Crippen molar-refractivity contribution in [3.8, 4) is 0 Å². The fourth-order valence-electron chi connectivity index (χ4n) is 15.7. The van der Waals surface area contributed by atoms with Crippen molar-refractivity contribution in [3.63, 3.8) is 0 Å². The minimum absolute atomic E-state index is 0. The molecule has 5 radical (unpaired) electrons. The van der Waals surface area contributed by atoms with Crippen molar-refractivity contribution >= 4 is 177 Å². The number of unbranched alkanes of at least 4 members (excludes halogenated alkanes) is 6. The quantitative estimate of drug-likeness (QED) is 0.0572. The third kappa shape index (κ3) is 26.9. The molecule has 15 rings (SSSR count). The summed E-state index contributed by atoms with van der Waals surface area (Å²) in [5, 5.41) is 77.4. The Hall–Kier alpha value is -5.70. The fourth-order valence-corrected chi connectivity index (χ4v) is 23.2. The predicted molar refractivity (Wildman–Crippen MR) is 487 cm³/mol. The Kier molecular flexibility index (Phi) is 45.6. The van der Waals surface area contributed by atoms with Gasteiger partial charge in [0, 0.05) is 131 Å². The summed E-state index contributed by atoms with van der Waals surface area (Å²) in [5.41, 5.74) is 6.18. The number of anilines is 10. The Bertz CT molecular complexity index is 4320. The average molecular weight is 2170 g/mol. The zero-order chi connectivity index (χ0) is 82.0. The zero-order valence-electron chi connectivity index (χ0n) is 71.8. The molecule has 5 aliphatic heterocycles. The number of rotatable bonds is 25. The van der Waals surface area contributed by atoms with E-state index in [-0.39, 0.29) is 186 Å². The number of benzene rings is 5. The minimum atomic E-state index is -0.177. The van der Waals surface area contributed by atoms with Gasteiger partial charge in [0.05, 0.1) is 29.7 Å². The van der Waals surface area contributed by atoms with E-state index in [2.05, 4.69) is 421 Å². The van der Waals surface area contributed by atoms with E-state index in [0.717, 1.165) is 32.6 Å². The van der Waals surface area contributed by atoms with Crippen LogP contribution in [0.3, 0.4) is 0 Å². The molecule has 0 amide bonds. The van der Waals surface area contributed by atoms with E-state index in [9.17, 15) is 0 Å². The molecule has 10 heterocycles. The van der Waals surface area contributed by atoms with Gasteiger partial charge in [-0.3, -0.25) is 25.5 Å². The van der Waals surface area contributed by atoms with Crippen LogP contribution in [0.2, 0.25) is 68.2 Å². The number of nitrogens with zero attached hydrogens (tertiary/aromatic N) is 35. The maximum atomic E-state index is 4.11. The van der Waals surface area contributed by atoms with Gasteiger partial charge in [0.15, 0.2) is 49.2 Å². The molecule has 0 saturated carbocycles. The average Bonchev–Trinajstić information content (AvgIpc) is 1.79. The van der Waals surface area contributed by atoms with Crippen molar-refractivity contribution in [2.45, 2.75) is 180 Å². The molecule has 55 heteroatoms. The SMILES string of the molecule is CB1N(c2ccccc2)[SiH]N(c2nnn[n-]2)B(C)N1C(C)C.CCCCCCN1B(C)N(c2ccccc2)[SiH]N(c2nnn[n-]2)B1C.CCCCCN1B(C)N(c2ccccc2)[SiH]N(c2nnn[n-]2)B1C.CCCCN1B(C)N(c2ccccc2)[SiH]N(c2nnn[n-]2)B1C.CCCN1B(C)N(c2ccccc2)[SiH]N(c2nnn[n-]2)B1C.[Pd].[Pd].[Pd].[Pd].[Pd]. The molecule has 0 bridgehead atoms. The maximum absolute atomic E-state index is 4.11. The van der Waals surface area contributed by atoms with Crippen molar-refractivity contribution < 1.29 is 102 Å². The van der Waals surface area contributed by atoms with E-state index in [1.165, 1.54) is 86.2 Å². The first kappa shape index (κ1) is 104. The Balaban J connectivity index is 0.000000232. The van der Waals surface area contributed by atoms with E-state index in [0.29, 0.717) is 70.7 Å². The first-order valence-corrected chi connectivity index (χ1v) is 46.2. The first-order chi connectivity index (χ1) is 56.5. The molecule has 5 aromatic carbocycles. The van der Waals surface area contributed by atoms with Gasteiger partial charge in [0.1, 0.15) is 0 Å². The Morgan fingerprint density at radius 2 is 0.463 bits per heavy atom. The number of aromatic nitrogens is 20. The number of hydrogen-bond acceptors (Lipinski definition) is 30. The van der Waals surface area contributed by atoms with Crippen LogP contribution in [0, 0.1) is 0 Å². The normalized spacial score (nSPS) is 15.6. The standard InChI is InChI=1S/C15H25B2N7Si.C14H23B2N7Si.C13H21B2N7Si.2C12H19B2N7Si.5Pd/c1-4-5-6-10-13-22-16(2)23(14-11-8-7-9-12-14)25-24(17(22)3)15-18-20-21-19-15;1-4-5-9-12-21-15(2)22(13-10-7-6-8-11-13)24-23(16(21)3)14-17-19-20-18-14;1-4-5-11-20-14(2)21(12-9-7-6-8-10-12)23-22(15(20)3)13-16-18-19-17-13;1-10(2)19-13(3)20(11-8-6-5-7-9-11)22-21(14(19)4)12-15-17-18-16-12;1-4-10-19-13(2)20(11-8-6-5-7-9-11)22-21(14(19)3)12-15-17-18-16-12;;;;;/h7-9,11-12,25H,4-6,10,13H2,1-3H3;6-8,10-11,24H,4-5,9,12H2,1-3H3;6-10,23H,4-5,11H2,1-3H3;5-10,22H,1-4H3;5-9,22H,4,10H2,1-3H3;;;;;/q5*-1;;;;;. The van der Waals surface area contributed by atoms with Crippen molar-refractivity contribution in [2.24, 2.45) is 0 Å². The molecular formula is C66H107B10N35Pd5Si5-5. The molecular weight excluding hydrogens is 2060 g/mol. The van der Waals surface area contributed by atoms with Crippen LogP contribution < -0.4 is 70.3 Å². The van der Waals surface area contributed by atoms with Crippen molar-refractivity contribution in [2.75, 3.05) is 70.9 Å². The summed E-state index contributed by atoms with van der Waals surface area (Å²) < 4.78 is 35.9. The number of tetrazole rings is 5. The Morgan fingerprint density at radius 3 is 0.694 bits per heavy atom. The monoisotopic (exact) mass is 2170 g/mol. The van der Waals surface area contributed by atoms with Gasteiger partial charge in [0.25, 0.3) is 34.9 Å². The van der Waals surface area contributed by atoms with Crippen molar-refractivity contribution in [1.82, 2.24) is 127 Å². The van der Waals surface area contributed by atoms with Gasteiger partial charge in [-0.2, -0.15) is 26.1 Å². The number of para-hydroxylation sites is 5. The Labute approximate surface area is 801 Å². The van der Waals surface area contributed by atoms with Crippen LogP contribution in [0.4, 0.5) is 58.2 Å². The van der Waals surface area contributed by atoms with E-state index >= 15 is 0 Å². The van der Waals surface area contributed by atoms with Gasteiger partial charge in [-0.1, -0.05) is 239 Å². The second-order valence-electron chi connectivity index (χ2n) is 29.7. The van der Waals surface area contributed by atoms with Crippen LogP contribution in [-0.4, -0.2) is 252 Å². The predicted octanol–water partition coefficient (Wildman–Crippen LogP) is 4.18. The topological polar surface area (TPSA) is 312 Å². The molecule has 0 aliphatic carbocycles. The summed E-state index contributed by atoms with van der Waals surface area (Å²) in [6.45, 7) is 43.0. The third-order valence-electron chi connectivity index (χ3n) is 22.1. The van der Waals surface area contributed by atoms with Crippen LogP contribution in [-0.2, 0) is 102 Å². The largest absolute Gasteiger partial charge is 0.427 e. The second-order valence-corrected chi connectivity index (χ2v) is 36.4. The van der Waals surface area contributed by atoms with Gasteiger partial charge in [-0.05, 0) is 119 Å². The molecule has 5 aliphatic rings. The molecule has 5 fully saturated rings. The van der Waals surface area contributed by atoms with Crippen LogP contribution in [0.5, 0.6) is 0 Å². The molecule has 651 valence electrons. The molecule has 121 heavy (non-hydrogen) atoms. The van der Waals surface area contributed by atoms with Gasteiger partial charge in [-0.25, -0.2) is 25.5 Å². The van der Waals surface area contributed by atoms with Crippen LogP contribution in [0.15, 0.2) is 152 Å². The molecule has 35 nitrogen and oxygen atoms in total. The summed E-state index contributed by atoms with van der Waals surface area (Å²) in [4.78, 5) is 0. The summed E-state index contributed by atoms with van der Waals surface area (Å²) >= 11 is 0. The van der Waals surface area contributed by atoms with Gasteiger partial charge in [0.2, 0.25) is 0 Å². The fraction of sp³-hybridized carbons (Fsp3) is 0.470. The second kappa shape index (κ2) is 53.1. The first-order valence-electron chi connectivity index (χ1n) is 41.1. The van der Waals surface area contributed by atoms with Gasteiger partial charge >= 0.3 is 34.9 Å². The molecule has 10 aromatic rings. The maximum Gasteiger partial charge on any atom is 0.320 e. The minimum Gasteiger partial charge on any atom is -0.427 e. The van der Waals surface area contributed by atoms with Crippen LogP contribution in [0.1, 0.15) is 106 Å². The van der Waals surface area contributed by atoms with Crippen LogP contribution >= 0.6 is 0 Å². The van der Waals surface area contributed by atoms with E-state index < -0.39 is 0 Å². The molecule has 5 saturated heterocycles. The van der Waals surface area contributed by atoms with E-state index in [4.69, 9.17) is 0 Å². The third-order valence-corrected chi connectivity index (χ3v) is 31.5. The van der Waals surface area contributed by atoms with Gasteiger partial charge < -0.3 is 68.4 Å². The smallest absolute Gasteiger partial charge is 0.320 e. The van der Waals surface area contributed by atoms with E-state index in [1.54, 1.807) is 0 Å².